The molecule has 1 aromatic carbocycles. The van der Waals surface area contributed by atoms with E-state index in [0.29, 0.717) is 0 Å². The second kappa shape index (κ2) is 7.60. The molecule has 1 aliphatic carbocycles. The van der Waals surface area contributed by atoms with Gasteiger partial charge in [0.1, 0.15) is 11.6 Å². The fourth-order valence-electron chi connectivity index (χ4n) is 4.68. The summed E-state index contributed by atoms with van der Waals surface area (Å²) in [4.78, 5) is 9.92. The molecular formula is C22H23FN4S. The number of nitrogens with zero attached hydrogens (tertiary/aromatic N) is 2. The van der Waals surface area contributed by atoms with Crippen molar-refractivity contribution in [3.05, 3.63) is 60.2 Å². The third kappa shape index (κ3) is 3.66. The maximum absolute atomic E-state index is 13.1. The Morgan fingerprint density at radius 2 is 2.00 bits per heavy atom. The smallest absolute Gasteiger partial charge is 0.188 e. The molecule has 1 saturated carbocycles. The number of benzene rings is 1. The third-order valence-corrected chi connectivity index (χ3v) is 7.06. The zero-order valence-electron chi connectivity index (χ0n) is 15.6. The molecule has 0 radical (unpaired) electrons. The first-order chi connectivity index (χ1) is 13.7. The molecule has 1 saturated heterocycles. The molecule has 28 heavy (non-hydrogen) atoms. The van der Waals surface area contributed by atoms with Gasteiger partial charge in [-0.05, 0) is 85.5 Å². The first-order valence-corrected chi connectivity index (χ1v) is 10.7. The number of aromatic nitrogens is 2. The van der Waals surface area contributed by atoms with Crippen molar-refractivity contribution in [1.82, 2.24) is 15.3 Å². The number of rotatable bonds is 5. The van der Waals surface area contributed by atoms with Crippen LogP contribution in [0.3, 0.4) is 0 Å². The van der Waals surface area contributed by atoms with Crippen molar-refractivity contribution in [2.24, 2.45) is 17.8 Å². The van der Waals surface area contributed by atoms with Gasteiger partial charge in [-0.2, -0.15) is 0 Å². The van der Waals surface area contributed by atoms with Crippen LogP contribution in [0.4, 0.5) is 15.3 Å². The van der Waals surface area contributed by atoms with Crippen LogP contribution < -0.4 is 10.6 Å². The lowest BCUT2D eigenvalue weighted by molar-refractivity contribution is 0.374. The summed E-state index contributed by atoms with van der Waals surface area (Å²) in [6, 6.07) is 10.8. The van der Waals surface area contributed by atoms with Crippen LogP contribution in [0, 0.1) is 23.6 Å². The van der Waals surface area contributed by atoms with Crippen molar-refractivity contribution in [1.29, 1.82) is 0 Å². The van der Waals surface area contributed by atoms with Gasteiger partial charge in [-0.15, -0.1) is 0 Å². The van der Waals surface area contributed by atoms with Crippen LogP contribution in [0.5, 0.6) is 0 Å². The Bertz CT molecular complexity index is 955. The molecule has 1 unspecified atom stereocenters. The quantitative estimate of drug-likeness (QED) is 0.648. The second-order valence-electron chi connectivity index (χ2n) is 7.83. The Morgan fingerprint density at radius 1 is 1.11 bits per heavy atom. The monoisotopic (exact) mass is 394 g/mol. The van der Waals surface area contributed by atoms with Crippen LogP contribution >= 0.6 is 11.3 Å². The lowest BCUT2D eigenvalue weighted by atomic mass is 9.88. The molecule has 5 rings (SSSR count). The van der Waals surface area contributed by atoms with Crippen LogP contribution in [0.1, 0.15) is 18.4 Å². The summed E-state index contributed by atoms with van der Waals surface area (Å²) in [7, 11) is 0. The number of thiazole rings is 1. The fraction of sp³-hybridized carbons (Fsp3) is 0.364. The molecule has 3 heterocycles. The number of pyridine rings is 1. The summed E-state index contributed by atoms with van der Waals surface area (Å²) < 4.78 is 13.1. The predicted octanol–water partition coefficient (Wildman–Crippen LogP) is 4.88. The second-order valence-corrected chi connectivity index (χ2v) is 8.87. The number of nitrogens with one attached hydrogen (secondary N) is 2. The van der Waals surface area contributed by atoms with E-state index < -0.39 is 0 Å². The van der Waals surface area contributed by atoms with Gasteiger partial charge in [0.05, 0.1) is 4.88 Å². The van der Waals surface area contributed by atoms with Crippen molar-refractivity contribution < 1.29 is 4.39 Å². The molecule has 0 bridgehead atoms. The van der Waals surface area contributed by atoms with E-state index in [1.165, 1.54) is 43.6 Å². The van der Waals surface area contributed by atoms with E-state index in [1.807, 2.05) is 12.4 Å². The van der Waals surface area contributed by atoms with Gasteiger partial charge in [0, 0.05) is 12.4 Å². The Labute approximate surface area is 168 Å². The number of hydrogen-bond donors (Lipinski definition) is 2. The third-order valence-electron chi connectivity index (χ3n) is 6.10. The first kappa shape index (κ1) is 17.8. The van der Waals surface area contributed by atoms with Crippen molar-refractivity contribution in [3.63, 3.8) is 0 Å². The summed E-state index contributed by atoms with van der Waals surface area (Å²) >= 11 is 1.55. The van der Waals surface area contributed by atoms with Gasteiger partial charge in [0.25, 0.3) is 0 Å². The molecule has 1 aliphatic heterocycles. The van der Waals surface area contributed by atoms with E-state index in [-0.39, 0.29) is 5.82 Å². The highest BCUT2D eigenvalue weighted by Gasteiger charge is 2.38. The van der Waals surface area contributed by atoms with E-state index in [1.54, 1.807) is 23.5 Å². The fourth-order valence-corrected chi connectivity index (χ4v) is 5.51. The lowest BCUT2D eigenvalue weighted by Crippen LogP contribution is -2.17. The molecule has 2 N–H and O–H groups in total. The van der Waals surface area contributed by atoms with Crippen molar-refractivity contribution in [3.8, 4) is 10.4 Å². The van der Waals surface area contributed by atoms with Gasteiger partial charge < -0.3 is 10.6 Å². The van der Waals surface area contributed by atoms with Gasteiger partial charge >= 0.3 is 0 Å². The molecule has 144 valence electrons. The minimum absolute atomic E-state index is 0.227. The summed E-state index contributed by atoms with van der Waals surface area (Å²) in [5, 5.41) is 7.67. The highest BCUT2D eigenvalue weighted by molar-refractivity contribution is 7.18. The van der Waals surface area contributed by atoms with Crippen molar-refractivity contribution in [2.45, 2.75) is 19.3 Å². The Morgan fingerprint density at radius 3 is 2.89 bits per heavy atom. The molecule has 2 aromatic heterocycles. The average Bonchev–Trinajstić information content (AvgIpc) is 3.42. The number of halogens is 1. The van der Waals surface area contributed by atoms with E-state index in [9.17, 15) is 4.39 Å². The molecule has 0 spiro atoms. The number of hydrogen-bond acceptors (Lipinski definition) is 5. The minimum Gasteiger partial charge on any atom is -0.316 e. The standard InChI is InChI=1S/C22H23FN4S/c23-18-5-3-15(4-6-18)20-13-26-22(28-20)27-21-10-14(7-8-25-21)9-16-1-2-17-11-24-12-19(16)17/h3-8,10,13,16-17,19,24H,1-2,9,11-12H2,(H,25,26,27)/t16?,17-,19-/m1/s1. The molecule has 3 atom stereocenters. The van der Waals surface area contributed by atoms with Crippen LogP contribution in [0.25, 0.3) is 10.4 Å². The minimum atomic E-state index is -0.227. The van der Waals surface area contributed by atoms with E-state index in [2.05, 4.69) is 32.7 Å². The number of anilines is 2. The summed E-state index contributed by atoms with van der Waals surface area (Å²) in [6.45, 7) is 2.38. The SMILES string of the molecule is Fc1ccc(-c2cnc(Nc3cc(CC4CC[C@@H]5CNC[C@H]45)ccn3)s2)cc1. The maximum Gasteiger partial charge on any atom is 0.188 e. The zero-order chi connectivity index (χ0) is 18.9. The van der Waals surface area contributed by atoms with Crippen LogP contribution in [-0.2, 0) is 6.42 Å². The largest absolute Gasteiger partial charge is 0.316 e. The highest BCUT2D eigenvalue weighted by Crippen LogP contribution is 2.41. The summed E-state index contributed by atoms with van der Waals surface area (Å²) in [6.07, 6.45) is 7.53. The summed E-state index contributed by atoms with van der Waals surface area (Å²) in [5.41, 5.74) is 2.31. The molecule has 4 nitrogen and oxygen atoms in total. The molecule has 6 heteroatoms. The molecule has 2 aliphatic rings. The van der Waals surface area contributed by atoms with Gasteiger partial charge in [-0.25, -0.2) is 14.4 Å². The molecule has 2 fully saturated rings. The number of fused-ring (bicyclic) bond motifs is 1. The Balaban J connectivity index is 1.27. The van der Waals surface area contributed by atoms with E-state index >= 15 is 0 Å². The summed E-state index contributed by atoms with van der Waals surface area (Å²) in [5.74, 6) is 3.10. The first-order valence-electron chi connectivity index (χ1n) is 9.89. The van der Waals surface area contributed by atoms with Gasteiger partial charge in [0.15, 0.2) is 5.13 Å². The van der Waals surface area contributed by atoms with E-state index in [4.69, 9.17) is 0 Å². The average molecular weight is 395 g/mol. The molecular weight excluding hydrogens is 371 g/mol. The van der Waals surface area contributed by atoms with Gasteiger partial charge in [0.2, 0.25) is 0 Å². The molecule has 0 amide bonds. The topological polar surface area (TPSA) is 49.8 Å². The van der Waals surface area contributed by atoms with Crippen molar-refractivity contribution >= 4 is 22.3 Å². The van der Waals surface area contributed by atoms with Crippen molar-refractivity contribution in [2.75, 3.05) is 18.4 Å². The Hall–Kier alpha value is -2.31. The Kier molecular flexibility index (Phi) is 4.82. The normalized spacial score (nSPS) is 23.7. The predicted molar refractivity (Wildman–Crippen MR) is 111 cm³/mol. The van der Waals surface area contributed by atoms with E-state index in [0.717, 1.165) is 45.6 Å². The van der Waals surface area contributed by atoms with Gasteiger partial charge in [-0.1, -0.05) is 23.5 Å². The van der Waals surface area contributed by atoms with Gasteiger partial charge in [-0.3, -0.25) is 0 Å². The zero-order valence-corrected chi connectivity index (χ0v) is 16.4. The molecule has 3 aromatic rings. The van der Waals surface area contributed by atoms with Crippen LogP contribution in [-0.4, -0.2) is 23.1 Å². The maximum atomic E-state index is 13.1. The lowest BCUT2D eigenvalue weighted by Gasteiger charge is -2.18. The van der Waals surface area contributed by atoms with Crippen LogP contribution in [0.2, 0.25) is 0 Å². The van der Waals surface area contributed by atoms with Crippen LogP contribution in [0.15, 0.2) is 48.8 Å². The highest BCUT2D eigenvalue weighted by atomic mass is 32.1.